The fourth-order valence-electron chi connectivity index (χ4n) is 2.77. The molecule has 0 bridgehead atoms. The van der Waals surface area contributed by atoms with Gasteiger partial charge in [0.1, 0.15) is 10.7 Å². The Bertz CT molecular complexity index is 1060. The molecule has 0 atom stereocenters. The van der Waals surface area contributed by atoms with Gasteiger partial charge in [-0.25, -0.2) is 4.98 Å². The number of aromatic nitrogens is 3. The van der Waals surface area contributed by atoms with Crippen LogP contribution in [0, 0.1) is 6.92 Å². The Morgan fingerprint density at radius 2 is 2.00 bits per heavy atom. The van der Waals surface area contributed by atoms with Gasteiger partial charge >= 0.3 is 5.97 Å². The van der Waals surface area contributed by atoms with Gasteiger partial charge in [-0.15, -0.1) is 11.3 Å². The maximum absolute atomic E-state index is 13.1. The van der Waals surface area contributed by atoms with Crippen molar-refractivity contribution >= 4 is 33.4 Å². The lowest BCUT2D eigenvalue weighted by Gasteiger charge is -2.12. The molecule has 1 amide bonds. The van der Waals surface area contributed by atoms with Crippen molar-refractivity contribution in [2.24, 2.45) is 5.73 Å². The molecule has 0 aromatic carbocycles. The van der Waals surface area contributed by atoms with Crippen LogP contribution in [0.1, 0.15) is 28.1 Å². The molecule has 8 nitrogen and oxygen atoms in total. The van der Waals surface area contributed by atoms with E-state index in [9.17, 15) is 14.4 Å². The summed E-state index contributed by atoms with van der Waals surface area (Å²) in [5, 5.41) is 9.21. The van der Waals surface area contributed by atoms with Crippen LogP contribution in [-0.2, 0) is 11.3 Å². The van der Waals surface area contributed by atoms with E-state index in [4.69, 9.17) is 10.8 Å². The van der Waals surface area contributed by atoms with Crippen LogP contribution in [0.4, 0.5) is 0 Å². The van der Waals surface area contributed by atoms with Gasteiger partial charge in [-0.3, -0.25) is 23.9 Å². The Hall–Kier alpha value is -3.07. The number of thiophene rings is 1. The molecule has 3 N–H and O–H groups in total. The second kappa shape index (κ2) is 7.04. The summed E-state index contributed by atoms with van der Waals surface area (Å²) in [6, 6.07) is 3.44. The predicted molar refractivity (Wildman–Crippen MR) is 97.2 cm³/mol. The minimum absolute atomic E-state index is 0.0601. The number of nitrogens with two attached hydrogens (primary N) is 1. The number of aliphatic carboxylic acids is 1. The maximum Gasteiger partial charge on any atom is 0.303 e. The van der Waals surface area contributed by atoms with Crippen molar-refractivity contribution in [2.45, 2.75) is 26.3 Å². The number of amides is 1. The molecule has 3 aromatic heterocycles. The lowest BCUT2D eigenvalue weighted by molar-refractivity contribution is -0.137. The number of fused-ring (bicyclic) bond motifs is 1. The molecule has 0 aliphatic heterocycles. The predicted octanol–water partition coefficient (Wildman–Crippen LogP) is 1.79. The van der Waals surface area contributed by atoms with Crippen LogP contribution in [0.15, 0.2) is 29.3 Å². The highest BCUT2D eigenvalue weighted by molar-refractivity contribution is 7.20. The Morgan fingerprint density at radius 3 is 2.62 bits per heavy atom. The van der Waals surface area contributed by atoms with Crippen molar-refractivity contribution < 1.29 is 14.7 Å². The summed E-state index contributed by atoms with van der Waals surface area (Å²) >= 11 is 1.08. The second-order valence-corrected chi connectivity index (χ2v) is 6.73. The van der Waals surface area contributed by atoms with Crippen LogP contribution in [-0.4, -0.2) is 31.5 Å². The highest BCUT2D eigenvalue weighted by Gasteiger charge is 2.20. The van der Waals surface area contributed by atoms with E-state index in [0.29, 0.717) is 32.0 Å². The van der Waals surface area contributed by atoms with E-state index in [0.717, 1.165) is 11.3 Å². The standard InChI is InChI=1S/C17H16N4O4S/c1-9-12-16(26-13(9)14(18)24)20-15(10-4-6-19-7-5-10)21(17(12)25)8-2-3-11(22)23/h4-7H,2-3,8H2,1H3,(H2,18,24)(H,22,23). The average molecular weight is 372 g/mol. The number of carbonyl (C=O) groups is 2. The highest BCUT2D eigenvalue weighted by atomic mass is 32.1. The highest BCUT2D eigenvalue weighted by Crippen LogP contribution is 2.29. The molecule has 0 unspecified atom stereocenters. The van der Waals surface area contributed by atoms with Gasteiger partial charge in [0.05, 0.1) is 10.3 Å². The number of primary amides is 1. The molecule has 0 spiro atoms. The number of aryl methyl sites for hydroxylation is 1. The molecule has 0 radical (unpaired) electrons. The van der Waals surface area contributed by atoms with Crippen LogP contribution < -0.4 is 11.3 Å². The zero-order valence-electron chi connectivity index (χ0n) is 13.9. The molecule has 3 heterocycles. The lowest BCUT2D eigenvalue weighted by atomic mass is 10.2. The van der Waals surface area contributed by atoms with Gasteiger partial charge in [-0.05, 0) is 31.0 Å². The van der Waals surface area contributed by atoms with Crippen molar-refractivity contribution in [3.05, 3.63) is 45.3 Å². The van der Waals surface area contributed by atoms with Crippen molar-refractivity contribution in [1.82, 2.24) is 14.5 Å². The topological polar surface area (TPSA) is 128 Å². The normalized spacial score (nSPS) is 11.0. The van der Waals surface area contributed by atoms with Gasteiger partial charge in [0, 0.05) is 30.9 Å². The Morgan fingerprint density at radius 1 is 1.31 bits per heavy atom. The van der Waals surface area contributed by atoms with Crippen LogP contribution in [0.25, 0.3) is 21.6 Å². The first-order valence-corrected chi connectivity index (χ1v) is 8.67. The molecule has 0 aliphatic rings. The summed E-state index contributed by atoms with van der Waals surface area (Å²) in [6.07, 6.45) is 3.39. The van der Waals surface area contributed by atoms with E-state index in [1.807, 2.05) is 0 Å². The van der Waals surface area contributed by atoms with Gasteiger partial charge in [0.25, 0.3) is 11.5 Å². The third-order valence-corrected chi connectivity index (χ3v) is 5.19. The number of pyridine rings is 1. The fraction of sp³-hybridized carbons (Fsp3) is 0.235. The van der Waals surface area contributed by atoms with E-state index in [2.05, 4.69) is 9.97 Å². The van der Waals surface area contributed by atoms with E-state index in [-0.39, 0.29) is 24.9 Å². The molecule has 3 rings (SSSR count). The SMILES string of the molecule is Cc1c(C(N)=O)sc2nc(-c3ccncc3)n(CCCC(=O)O)c(=O)c12. The zero-order chi connectivity index (χ0) is 18.8. The number of nitrogens with zero attached hydrogens (tertiary/aromatic N) is 3. The van der Waals surface area contributed by atoms with E-state index >= 15 is 0 Å². The third-order valence-electron chi connectivity index (χ3n) is 3.99. The van der Waals surface area contributed by atoms with Crippen LogP contribution in [0.5, 0.6) is 0 Å². The first-order chi connectivity index (χ1) is 12.4. The quantitative estimate of drug-likeness (QED) is 0.679. The van der Waals surface area contributed by atoms with E-state index in [1.54, 1.807) is 31.5 Å². The summed E-state index contributed by atoms with van der Waals surface area (Å²) in [6.45, 7) is 1.86. The van der Waals surface area contributed by atoms with Crippen molar-refractivity contribution in [1.29, 1.82) is 0 Å². The summed E-state index contributed by atoms with van der Waals surface area (Å²) in [5.74, 6) is -1.12. The monoisotopic (exact) mass is 372 g/mol. The van der Waals surface area contributed by atoms with E-state index < -0.39 is 11.9 Å². The minimum atomic E-state index is -0.930. The Labute approximate surface area is 151 Å². The molecule has 134 valence electrons. The van der Waals surface area contributed by atoms with Crippen molar-refractivity contribution in [3.8, 4) is 11.4 Å². The molecule has 0 aliphatic carbocycles. The third kappa shape index (κ3) is 3.21. The number of hydrogen-bond acceptors (Lipinski definition) is 6. The maximum atomic E-state index is 13.1. The van der Waals surface area contributed by atoms with Crippen molar-refractivity contribution in [3.63, 3.8) is 0 Å². The average Bonchev–Trinajstić information content (AvgIpc) is 2.94. The second-order valence-electron chi connectivity index (χ2n) is 5.73. The molecule has 0 saturated carbocycles. The van der Waals surface area contributed by atoms with Gasteiger partial charge in [-0.1, -0.05) is 0 Å². The lowest BCUT2D eigenvalue weighted by Crippen LogP contribution is -2.24. The minimum Gasteiger partial charge on any atom is -0.481 e. The van der Waals surface area contributed by atoms with Crippen LogP contribution in [0.2, 0.25) is 0 Å². The van der Waals surface area contributed by atoms with Gasteiger partial charge in [-0.2, -0.15) is 0 Å². The summed E-state index contributed by atoms with van der Waals surface area (Å²) in [5.41, 5.74) is 6.26. The molecule has 3 aromatic rings. The number of hydrogen-bond donors (Lipinski definition) is 2. The molecule has 0 fully saturated rings. The fourth-order valence-corrected chi connectivity index (χ4v) is 3.79. The number of carbonyl (C=O) groups excluding carboxylic acids is 1. The summed E-state index contributed by atoms with van der Waals surface area (Å²) in [7, 11) is 0. The summed E-state index contributed by atoms with van der Waals surface area (Å²) in [4.78, 5) is 44.8. The van der Waals surface area contributed by atoms with Gasteiger partial charge < -0.3 is 10.8 Å². The zero-order valence-corrected chi connectivity index (χ0v) is 14.7. The van der Waals surface area contributed by atoms with E-state index in [1.165, 1.54) is 4.57 Å². The number of carboxylic acids is 1. The summed E-state index contributed by atoms with van der Waals surface area (Å²) < 4.78 is 1.45. The molecular weight excluding hydrogens is 356 g/mol. The molecule has 0 saturated heterocycles. The van der Waals surface area contributed by atoms with Crippen molar-refractivity contribution in [2.75, 3.05) is 0 Å². The largest absolute Gasteiger partial charge is 0.481 e. The molecule has 9 heteroatoms. The number of rotatable bonds is 6. The first-order valence-electron chi connectivity index (χ1n) is 7.86. The number of carboxylic acid groups (broad SMARTS) is 1. The molecule has 26 heavy (non-hydrogen) atoms. The molecular formula is C17H16N4O4S. The van der Waals surface area contributed by atoms with Gasteiger partial charge in [0.2, 0.25) is 0 Å². The smallest absolute Gasteiger partial charge is 0.303 e. The Kier molecular flexibility index (Phi) is 4.81. The first kappa shape index (κ1) is 17.7. The van der Waals surface area contributed by atoms with Gasteiger partial charge in [0.15, 0.2) is 0 Å². The van der Waals surface area contributed by atoms with Crippen LogP contribution >= 0.6 is 11.3 Å². The van der Waals surface area contributed by atoms with Crippen LogP contribution in [0.3, 0.4) is 0 Å². The Balaban J connectivity index is 2.24.